The molecular weight excluding hydrogens is 191 g/mol. The summed E-state index contributed by atoms with van der Waals surface area (Å²) in [5.74, 6) is 0. The van der Waals surface area contributed by atoms with Crippen LogP contribution in [0.25, 0.3) is 0 Å². The van der Waals surface area contributed by atoms with Crippen molar-refractivity contribution < 1.29 is 9.13 Å². The number of hydrogen-bond donors (Lipinski definition) is 0. The van der Waals surface area contributed by atoms with Crippen molar-refractivity contribution in [2.45, 2.75) is 31.9 Å². The monoisotopic (exact) mass is 208 g/mol. The summed E-state index contributed by atoms with van der Waals surface area (Å²) in [6.45, 7) is 3.16. The Morgan fingerprint density at radius 2 is 2.07 bits per heavy atom. The van der Waals surface area contributed by atoms with Crippen LogP contribution in [0.2, 0.25) is 0 Å². The molecule has 82 valence electrons. The molecule has 0 radical (unpaired) electrons. The quantitative estimate of drug-likeness (QED) is 0.725. The van der Waals surface area contributed by atoms with Gasteiger partial charge in [-0.15, -0.1) is 0 Å². The van der Waals surface area contributed by atoms with Crippen LogP contribution in [0.15, 0.2) is 24.3 Å². The molecule has 15 heavy (non-hydrogen) atoms. The van der Waals surface area contributed by atoms with E-state index in [-0.39, 0.29) is 0 Å². The molecule has 0 amide bonds. The van der Waals surface area contributed by atoms with E-state index in [2.05, 4.69) is 6.07 Å². The number of rotatable bonds is 2. The summed E-state index contributed by atoms with van der Waals surface area (Å²) in [4.78, 5) is 0. The highest BCUT2D eigenvalue weighted by atomic mass is 19.1. The second kappa shape index (κ2) is 4.31. The fourth-order valence-electron chi connectivity index (χ4n) is 2.10. The third-order valence-electron chi connectivity index (χ3n) is 2.99. The molecule has 0 aromatic heterocycles. The molecule has 1 saturated heterocycles. The molecule has 1 aromatic rings. The lowest BCUT2D eigenvalue weighted by atomic mass is 9.89. The van der Waals surface area contributed by atoms with Crippen LogP contribution in [0.1, 0.15) is 24.0 Å². The third kappa shape index (κ3) is 2.78. The largest absolute Gasteiger partial charge is 0.381 e. The highest BCUT2D eigenvalue weighted by Crippen LogP contribution is 2.29. The van der Waals surface area contributed by atoms with Gasteiger partial charge in [0.2, 0.25) is 0 Å². The first kappa shape index (κ1) is 10.6. The van der Waals surface area contributed by atoms with E-state index in [1.807, 2.05) is 25.1 Å². The Morgan fingerprint density at radius 3 is 2.73 bits per heavy atom. The first-order valence-corrected chi connectivity index (χ1v) is 5.50. The lowest BCUT2D eigenvalue weighted by Crippen LogP contribution is -2.33. The molecule has 2 rings (SSSR count). The van der Waals surface area contributed by atoms with E-state index in [0.717, 1.165) is 5.56 Å². The van der Waals surface area contributed by atoms with Gasteiger partial charge in [-0.1, -0.05) is 29.8 Å². The maximum atomic E-state index is 14.3. The number of alkyl halides is 1. The number of benzene rings is 1. The second-order valence-electron chi connectivity index (χ2n) is 4.43. The summed E-state index contributed by atoms with van der Waals surface area (Å²) >= 11 is 0. The van der Waals surface area contributed by atoms with Crippen LogP contribution >= 0.6 is 0 Å². The first-order valence-electron chi connectivity index (χ1n) is 5.50. The predicted octanol–water partition coefficient (Wildman–Crippen LogP) is 3.06. The zero-order chi connectivity index (χ0) is 10.7. The van der Waals surface area contributed by atoms with Crippen LogP contribution in [-0.2, 0) is 11.2 Å². The zero-order valence-corrected chi connectivity index (χ0v) is 9.13. The van der Waals surface area contributed by atoms with E-state index in [0.29, 0.717) is 32.5 Å². The van der Waals surface area contributed by atoms with Gasteiger partial charge in [0.15, 0.2) is 0 Å². The van der Waals surface area contributed by atoms with Crippen LogP contribution < -0.4 is 0 Å². The predicted molar refractivity (Wildman–Crippen MR) is 58.8 cm³/mol. The smallest absolute Gasteiger partial charge is 0.119 e. The van der Waals surface area contributed by atoms with E-state index in [9.17, 15) is 4.39 Å². The third-order valence-corrected chi connectivity index (χ3v) is 2.99. The Balaban J connectivity index is 2.06. The van der Waals surface area contributed by atoms with Crippen LogP contribution in [-0.4, -0.2) is 18.9 Å². The van der Waals surface area contributed by atoms with Gasteiger partial charge in [0, 0.05) is 32.5 Å². The van der Waals surface area contributed by atoms with E-state index >= 15 is 0 Å². The van der Waals surface area contributed by atoms with E-state index in [1.165, 1.54) is 5.56 Å². The SMILES string of the molecule is Cc1cccc(CC2(F)CCOCC2)c1. The number of ether oxygens (including phenoxy) is 1. The zero-order valence-electron chi connectivity index (χ0n) is 9.13. The standard InChI is InChI=1S/C13H17FO/c1-11-3-2-4-12(9-11)10-13(14)5-7-15-8-6-13/h2-4,9H,5-8,10H2,1H3. The fraction of sp³-hybridized carbons (Fsp3) is 0.538. The maximum Gasteiger partial charge on any atom is 0.119 e. The Kier molecular flexibility index (Phi) is 3.06. The minimum absolute atomic E-state index is 0.526. The van der Waals surface area contributed by atoms with Gasteiger partial charge in [0.1, 0.15) is 5.67 Å². The van der Waals surface area contributed by atoms with Crippen molar-refractivity contribution in [3.63, 3.8) is 0 Å². The summed E-state index contributed by atoms with van der Waals surface area (Å²) in [6, 6.07) is 8.10. The molecule has 1 aliphatic rings. The molecule has 0 atom stereocenters. The molecular formula is C13H17FO. The Labute approximate surface area is 90.3 Å². The van der Waals surface area contributed by atoms with Crippen molar-refractivity contribution in [3.05, 3.63) is 35.4 Å². The molecule has 0 saturated carbocycles. The lowest BCUT2D eigenvalue weighted by molar-refractivity contribution is -0.00816. The van der Waals surface area contributed by atoms with Crippen molar-refractivity contribution in [3.8, 4) is 0 Å². The number of hydrogen-bond acceptors (Lipinski definition) is 1. The van der Waals surface area contributed by atoms with Crippen molar-refractivity contribution in [2.24, 2.45) is 0 Å². The van der Waals surface area contributed by atoms with Gasteiger partial charge in [0.05, 0.1) is 0 Å². The van der Waals surface area contributed by atoms with E-state index < -0.39 is 5.67 Å². The van der Waals surface area contributed by atoms with Crippen LogP contribution in [0.3, 0.4) is 0 Å². The van der Waals surface area contributed by atoms with Crippen molar-refractivity contribution in [1.82, 2.24) is 0 Å². The minimum Gasteiger partial charge on any atom is -0.381 e. The molecule has 1 heterocycles. The molecule has 1 nitrogen and oxygen atoms in total. The van der Waals surface area contributed by atoms with Gasteiger partial charge in [0.25, 0.3) is 0 Å². The molecule has 0 aliphatic carbocycles. The van der Waals surface area contributed by atoms with Crippen LogP contribution in [0.4, 0.5) is 4.39 Å². The normalized spacial score (nSPS) is 20.1. The highest BCUT2D eigenvalue weighted by molar-refractivity contribution is 5.23. The molecule has 0 N–H and O–H groups in total. The summed E-state index contributed by atoms with van der Waals surface area (Å²) < 4.78 is 19.5. The van der Waals surface area contributed by atoms with Gasteiger partial charge in [-0.25, -0.2) is 4.39 Å². The van der Waals surface area contributed by atoms with Gasteiger partial charge in [-0.05, 0) is 12.5 Å². The second-order valence-corrected chi connectivity index (χ2v) is 4.43. The van der Waals surface area contributed by atoms with Crippen molar-refractivity contribution in [2.75, 3.05) is 13.2 Å². The summed E-state index contributed by atoms with van der Waals surface area (Å²) in [5, 5.41) is 0. The van der Waals surface area contributed by atoms with Gasteiger partial charge in [-0.3, -0.25) is 0 Å². The fourth-order valence-corrected chi connectivity index (χ4v) is 2.10. The summed E-state index contributed by atoms with van der Waals surface area (Å²) in [5.41, 5.74) is 1.24. The lowest BCUT2D eigenvalue weighted by Gasteiger charge is -2.29. The highest BCUT2D eigenvalue weighted by Gasteiger charge is 2.32. The summed E-state index contributed by atoms with van der Waals surface area (Å²) in [6.07, 6.45) is 1.58. The Hall–Kier alpha value is -0.890. The maximum absolute atomic E-state index is 14.3. The average molecular weight is 208 g/mol. The number of aryl methyl sites for hydroxylation is 1. The minimum atomic E-state index is -1.05. The molecule has 0 spiro atoms. The van der Waals surface area contributed by atoms with Crippen molar-refractivity contribution >= 4 is 0 Å². The van der Waals surface area contributed by atoms with Crippen molar-refractivity contribution in [1.29, 1.82) is 0 Å². The van der Waals surface area contributed by atoms with E-state index in [1.54, 1.807) is 0 Å². The van der Waals surface area contributed by atoms with Gasteiger partial charge >= 0.3 is 0 Å². The van der Waals surface area contributed by atoms with Gasteiger partial charge in [-0.2, -0.15) is 0 Å². The molecule has 0 unspecified atom stereocenters. The van der Waals surface area contributed by atoms with Gasteiger partial charge < -0.3 is 4.74 Å². The molecule has 1 aromatic carbocycles. The summed E-state index contributed by atoms with van der Waals surface area (Å²) in [7, 11) is 0. The van der Waals surface area contributed by atoms with Crippen LogP contribution in [0.5, 0.6) is 0 Å². The van der Waals surface area contributed by atoms with Crippen LogP contribution in [0, 0.1) is 6.92 Å². The van der Waals surface area contributed by atoms with E-state index in [4.69, 9.17) is 4.74 Å². The molecule has 1 fully saturated rings. The molecule has 1 aliphatic heterocycles. The topological polar surface area (TPSA) is 9.23 Å². The first-order chi connectivity index (χ1) is 7.18. The molecule has 2 heteroatoms. The Morgan fingerprint density at radius 1 is 1.33 bits per heavy atom. The Bertz CT molecular complexity index is 329. The number of halogens is 1. The average Bonchev–Trinajstić information content (AvgIpc) is 2.18. The molecule has 0 bridgehead atoms.